The molecule has 34 nitrogen and oxygen atoms in total. The SMILES string of the molecule is OC[C@H]1O[C@@H](O[C@H]2[C@H](O)[C@@H](O)[C@H](OCCOCCOCCOCCOCCOCCOCCCCCCCCCCCSCCCCCCCCCCCOCCOCCOCCOCCOCCOCCO[C@@H]3O[C@H](CO)[C@@H](O[C@@H]4O[C@H](CO)[C@H](O)[C@H](O)[C@H]4O)[C@H](O)[C@H]3O)O[C@@H]2CO)[C@H](O)[C@@H](O)[C@H]1O. The zero-order valence-electron chi connectivity index (χ0n) is 61.7. The molecule has 0 aromatic heterocycles. The largest absolute Gasteiger partial charge is 0.394 e. The van der Waals surface area contributed by atoms with Gasteiger partial charge in [-0.15, -0.1) is 0 Å². The molecular formula is C70H134O34S. The number of hydrogen-bond donors (Lipinski definition) is 14. The van der Waals surface area contributed by atoms with Gasteiger partial charge in [0.05, 0.1) is 185 Å². The van der Waals surface area contributed by atoms with Crippen molar-refractivity contribution in [3.05, 3.63) is 0 Å². The molecule has 0 amide bonds. The molecule has 0 unspecified atom stereocenters. The molecule has 0 aliphatic carbocycles. The average Bonchev–Trinajstić information content (AvgIpc) is 0.796. The molecule has 4 rings (SSSR count). The van der Waals surface area contributed by atoms with Crippen LogP contribution >= 0.6 is 11.8 Å². The van der Waals surface area contributed by atoms with E-state index in [1.807, 2.05) is 0 Å². The van der Waals surface area contributed by atoms with E-state index in [1.165, 1.54) is 114 Å². The molecule has 4 fully saturated rings. The fourth-order valence-corrected chi connectivity index (χ4v) is 12.6. The van der Waals surface area contributed by atoms with E-state index >= 15 is 0 Å². The van der Waals surface area contributed by atoms with Gasteiger partial charge in [0, 0.05) is 13.2 Å². The van der Waals surface area contributed by atoms with Crippen LogP contribution < -0.4 is 0 Å². The highest BCUT2D eigenvalue weighted by Gasteiger charge is 2.53. The van der Waals surface area contributed by atoms with Gasteiger partial charge in [-0.3, -0.25) is 0 Å². The Bertz CT molecular complexity index is 1810. The molecule has 0 radical (unpaired) electrons. The molecule has 4 aliphatic rings. The fourth-order valence-electron chi connectivity index (χ4n) is 11.6. The van der Waals surface area contributed by atoms with Crippen molar-refractivity contribution in [2.24, 2.45) is 0 Å². The third kappa shape index (κ3) is 41.6. The summed E-state index contributed by atoms with van der Waals surface area (Å²) in [5, 5.41) is 142. The second-order valence-electron chi connectivity index (χ2n) is 26.1. The Hall–Kier alpha value is -1.01. The maximum Gasteiger partial charge on any atom is 0.187 e. The molecule has 20 atom stereocenters. The van der Waals surface area contributed by atoms with Crippen molar-refractivity contribution >= 4 is 11.8 Å². The lowest BCUT2D eigenvalue weighted by Crippen LogP contribution is -2.64. The zero-order valence-corrected chi connectivity index (χ0v) is 62.6. The quantitative estimate of drug-likeness (QED) is 0.0299. The molecule has 0 aromatic carbocycles. The number of hydrogen-bond acceptors (Lipinski definition) is 35. The van der Waals surface area contributed by atoms with Crippen molar-refractivity contribution in [3.8, 4) is 0 Å². The van der Waals surface area contributed by atoms with Gasteiger partial charge in [0.2, 0.25) is 0 Å². The molecular weight excluding hydrogens is 1420 g/mol. The van der Waals surface area contributed by atoms with Crippen LogP contribution in [-0.4, -0.2) is 404 Å². The normalized spacial score (nSPS) is 29.5. The number of aliphatic hydroxyl groups is 14. The van der Waals surface area contributed by atoms with Crippen molar-refractivity contribution in [1.29, 1.82) is 0 Å². The number of ether oxygens (including phenoxy) is 20. The smallest absolute Gasteiger partial charge is 0.187 e. The number of thioether (sulfide) groups is 1. The Kier molecular flexibility index (Phi) is 58.2. The van der Waals surface area contributed by atoms with Crippen molar-refractivity contribution in [2.45, 2.75) is 238 Å². The lowest BCUT2D eigenvalue weighted by molar-refractivity contribution is -0.359. The van der Waals surface area contributed by atoms with Crippen LogP contribution in [0, 0.1) is 0 Å². The molecule has 4 aliphatic heterocycles. The van der Waals surface area contributed by atoms with Crippen LogP contribution in [0.5, 0.6) is 0 Å². The molecule has 0 bridgehead atoms. The molecule has 0 aromatic rings. The van der Waals surface area contributed by atoms with Gasteiger partial charge in [0.25, 0.3) is 0 Å². The monoisotopic (exact) mass is 1550 g/mol. The Morgan fingerprint density at radius 3 is 0.667 bits per heavy atom. The molecule has 14 N–H and O–H groups in total. The third-order valence-corrected chi connectivity index (χ3v) is 19.0. The Morgan fingerprint density at radius 2 is 0.410 bits per heavy atom. The predicted molar refractivity (Wildman–Crippen MR) is 375 cm³/mol. The second-order valence-corrected chi connectivity index (χ2v) is 27.3. The van der Waals surface area contributed by atoms with E-state index in [0.717, 1.165) is 26.1 Å². The van der Waals surface area contributed by atoms with Gasteiger partial charge in [-0.2, -0.15) is 11.8 Å². The van der Waals surface area contributed by atoms with Crippen LogP contribution in [0.2, 0.25) is 0 Å². The standard InChI is InChI=1S/C70H134O34S/c71-47-51-55(75)57(77)61(81)69(99-51)103-65-53(49-73)101-67(63(83)59(65)79)97-43-41-95-39-37-93-35-33-91-31-29-89-27-25-87-23-21-85-19-15-11-7-3-1-5-9-13-17-45-105-46-18-14-10-6-2-4-8-12-16-20-86-22-24-88-26-28-90-30-32-92-34-36-94-38-40-96-42-44-98-68-64(84)60(80)66(54(50-74)102-68)104-70-62(82)58(78)56(76)52(48-72)100-70/h51-84H,1-50H2/t51-,52-,53-,54-,55+,56+,57+,58+,59-,60-,61-,62-,63-,64-,65-,66-,67-,68-,69+,70+/m1/s1. The van der Waals surface area contributed by atoms with Gasteiger partial charge in [0.1, 0.15) is 97.7 Å². The first-order chi connectivity index (χ1) is 51.3. The zero-order chi connectivity index (χ0) is 75.8. The van der Waals surface area contributed by atoms with Crippen molar-refractivity contribution in [2.75, 3.05) is 210 Å². The first kappa shape index (κ1) is 96.4. The Morgan fingerprint density at radius 1 is 0.200 bits per heavy atom. The summed E-state index contributed by atoms with van der Waals surface area (Å²) in [6.07, 6.45) is -7.36. The van der Waals surface area contributed by atoms with Crippen LogP contribution in [0.3, 0.4) is 0 Å². The molecule has 35 heteroatoms. The Balaban J connectivity index is 0.740. The minimum absolute atomic E-state index is 0.0213. The first-order valence-corrected chi connectivity index (χ1v) is 39.4. The maximum absolute atomic E-state index is 10.7. The maximum atomic E-state index is 10.7. The number of aliphatic hydroxyl groups excluding tert-OH is 14. The van der Waals surface area contributed by atoms with Crippen LogP contribution in [0.25, 0.3) is 0 Å². The van der Waals surface area contributed by atoms with Crippen LogP contribution in [0.4, 0.5) is 0 Å². The van der Waals surface area contributed by atoms with E-state index in [-0.39, 0.29) is 39.6 Å². The molecule has 624 valence electrons. The van der Waals surface area contributed by atoms with E-state index in [9.17, 15) is 71.5 Å². The van der Waals surface area contributed by atoms with Gasteiger partial charge in [-0.05, 0) is 37.2 Å². The van der Waals surface area contributed by atoms with Crippen molar-refractivity contribution < 1.29 is 166 Å². The van der Waals surface area contributed by atoms with Gasteiger partial charge >= 0.3 is 0 Å². The van der Waals surface area contributed by atoms with E-state index in [1.54, 1.807) is 0 Å². The first-order valence-electron chi connectivity index (χ1n) is 38.2. The molecule has 105 heavy (non-hydrogen) atoms. The highest BCUT2D eigenvalue weighted by Crippen LogP contribution is 2.32. The minimum atomic E-state index is -1.75. The van der Waals surface area contributed by atoms with Gasteiger partial charge in [0.15, 0.2) is 25.2 Å². The van der Waals surface area contributed by atoms with E-state index in [0.29, 0.717) is 119 Å². The van der Waals surface area contributed by atoms with Gasteiger partial charge in [-0.1, -0.05) is 89.9 Å². The topological polar surface area (TPSA) is 468 Å². The summed E-state index contributed by atoms with van der Waals surface area (Å²) in [7, 11) is 0. The summed E-state index contributed by atoms with van der Waals surface area (Å²) in [6.45, 7) is 7.59. The summed E-state index contributed by atoms with van der Waals surface area (Å²) in [5.74, 6) is 2.58. The summed E-state index contributed by atoms with van der Waals surface area (Å²) in [6, 6.07) is 0. The fraction of sp³-hybridized carbons (Fsp3) is 1.00. The lowest BCUT2D eigenvalue weighted by Gasteiger charge is -2.45. The summed E-state index contributed by atoms with van der Waals surface area (Å²) < 4.78 is 111. The van der Waals surface area contributed by atoms with Crippen molar-refractivity contribution in [1.82, 2.24) is 0 Å². The van der Waals surface area contributed by atoms with Crippen molar-refractivity contribution in [3.63, 3.8) is 0 Å². The Labute approximate surface area is 623 Å². The summed E-state index contributed by atoms with van der Waals surface area (Å²) >= 11 is 2.13. The molecule has 4 saturated heterocycles. The third-order valence-electron chi connectivity index (χ3n) is 17.8. The van der Waals surface area contributed by atoms with E-state index < -0.39 is 149 Å². The van der Waals surface area contributed by atoms with E-state index in [2.05, 4.69) is 11.8 Å². The van der Waals surface area contributed by atoms with Crippen LogP contribution in [0.15, 0.2) is 0 Å². The van der Waals surface area contributed by atoms with Gasteiger partial charge in [-0.25, -0.2) is 0 Å². The highest BCUT2D eigenvalue weighted by atomic mass is 32.2. The lowest BCUT2D eigenvalue weighted by atomic mass is 9.97. The molecule has 0 spiro atoms. The predicted octanol–water partition coefficient (Wildman–Crippen LogP) is -1.78. The number of rotatable bonds is 70. The summed E-state index contributed by atoms with van der Waals surface area (Å²) in [4.78, 5) is 0. The molecule has 4 heterocycles. The van der Waals surface area contributed by atoms with Crippen LogP contribution in [-0.2, 0) is 94.7 Å². The summed E-state index contributed by atoms with van der Waals surface area (Å²) in [5.41, 5.74) is 0. The minimum Gasteiger partial charge on any atom is -0.394 e. The van der Waals surface area contributed by atoms with E-state index in [4.69, 9.17) is 94.7 Å². The highest BCUT2D eigenvalue weighted by molar-refractivity contribution is 7.99. The number of unbranched alkanes of at least 4 members (excludes halogenated alkanes) is 16. The molecule has 0 saturated carbocycles. The van der Waals surface area contributed by atoms with Crippen LogP contribution in [0.1, 0.15) is 116 Å². The average molecular weight is 1550 g/mol. The second kappa shape index (κ2) is 63.4. The van der Waals surface area contributed by atoms with Gasteiger partial charge < -0.3 is 166 Å².